The van der Waals surface area contributed by atoms with Crippen LogP contribution in [0.1, 0.15) is 79.0 Å². The molecule has 0 fully saturated rings. The summed E-state index contributed by atoms with van der Waals surface area (Å²) >= 11 is 0. The van der Waals surface area contributed by atoms with E-state index in [1.165, 1.54) is 72.0 Å². The highest BCUT2D eigenvalue weighted by atomic mass is 15.1. The van der Waals surface area contributed by atoms with Gasteiger partial charge in [-0.3, -0.25) is 0 Å². The molecule has 8 rings (SSSR count). The third kappa shape index (κ3) is 8.12. The molecule has 0 aliphatic carbocycles. The Kier molecular flexibility index (Phi) is 10.4. The smallest absolute Gasteiger partial charge is 0.0540 e. The van der Waals surface area contributed by atoms with Gasteiger partial charge in [0.15, 0.2) is 0 Å². The van der Waals surface area contributed by atoms with E-state index in [9.17, 15) is 0 Å². The van der Waals surface area contributed by atoms with Crippen LogP contribution in [0.5, 0.6) is 0 Å². The summed E-state index contributed by atoms with van der Waals surface area (Å²) in [5.74, 6) is 0. The highest BCUT2D eigenvalue weighted by molar-refractivity contribution is 6.09. The van der Waals surface area contributed by atoms with Gasteiger partial charge < -0.3 is 4.90 Å². The molecule has 59 heavy (non-hydrogen) atoms. The van der Waals surface area contributed by atoms with Crippen molar-refractivity contribution in [3.8, 4) is 44.5 Å². The molecular weight excluding hydrogens is 711 g/mol. The number of anilines is 3. The molecule has 0 aliphatic rings. The van der Waals surface area contributed by atoms with Crippen LogP contribution in [0.2, 0.25) is 0 Å². The first-order valence-electron chi connectivity index (χ1n) is 21.1. The molecule has 8 aromatic carbocycles. The van der Waals surface area contributed by atoms with Crippen molar-refractivity contribution in [1.82, 2.24) is 0 Å². The standard InChI is InChI=1S/C58H57N/c1-56(2,3)45-31-33-48(34-32-45)59(54-35-30-43(40-20-12-10-13-21-40)38-52(54)41-22-14-11-15-23-41)53-29-17-16-26-50(53)51-28-19-25-42-24-18-27-49(55(42)51)44-36-46(57(4,5)6)39-47(37-44)58(7,8)9/h10-39H,1-9H3. The van der Waals surface area contributed by atoms with Crippen molar-refractivity contribution in [2.75, 3.05) is 4.90 Å². The maximum Gasteiger partial charge on any atom is 0.0540 e. The Morgan fingerprint density at radius 2 is 0.814 bits per heavy atom. The fourth-order valence-electron chi connectivity index (χ4n) is 8.26. The normalized spacial score (nSPS) is 12.2. The van der Waals surface area contributed by atoms with E-state index in [1.54, 1.807) is 0 Å². The summed E-state index contributed by atoms with van der Waals surface area (Å²) in [6.07, 6.45) is 0. The van der Waals surface area contributed by atoms with E-state index in [2.05, 4.69) is 249 Å². The third-order valence-electron chi connectivity index (χ3n) is 11.7. The zero-order valence-corrected chi connectivity index (χ0v) is 36.3. The summed E-state index contributed by atoms with van der Waals surface area (Å²) in [6, 6.07) is 67.6. The van der Waals surface area contributed by atoms with Crippen molar-refractivity contribution < 1.29 is 0 Å². The Hall–Kier alpha value is -6.18. The summed E-state index contributed by atoms with van der Waals surface area (Å²) in [4.78, 5) is 2.48. The van der Waals surface area contributed by atoms with Crippen molar-refractivity contribution in [1.29, 1.82) is 0 Å². The van der Waals surface area contributed by atoms with Crippen LogP contribution in [-0.2, 0) is 16.2 Å². The predicted octanol–water partition coefficient (Wildman–Crippen LogP) is 16.9. The maximum atomic E-state index is 2.48. The van der Waals surface area contributed by atoms with Crippen molar-refractivity contribution in [3.63, 3.8) is 0 Å². The minimum Gasteiger partial charge on any atom is -0.309 e. The van der Waals surface area contributed by atoms with Gasteiger partial charge in [0.2, 0.25) is 0 Å². The highest BCUT2D eigenvalue weighted by Crippen LogP contribution is 2.48. The number of hydrogen-bond donors (Lipinski definition) is 0. The number of fused-ring (bicyclic) bond motifs is 1. The van der Waals surface area contributed by atoms with Gasteiger partial charge in [-0.1, -0.05) is 214 Å². The summed E-state index contributed by atoms with van der Waals surface area (Å²) in [7, 11) is 0. The van der Waals surface area contributed by atoms with E-state index in [0.717, 1.165) is 17.1 Å². The molecule has 0 unspecified atom stereocenters. The SMILES string of the molecule is CC(C)(C)c1ccc(N(c2ccc(-c3ccccc3)cc2-c2ccccc2)c2ccccc2-c2cccc3cccc(-c4cc(C(C)(C)C)cc(C(C)(C)C)c4)c23)cc1. The van der Waals surface area contributed by atoms with Crippen LogP contribution in [0, 0.1) is 0 Å². The Bertz CT molecular complexity index is 2700. The van der Waals surface area contributed by atoms with E-state index >= 15 is 0 Å². The molecule has 0 N–H and O–H groups in total. The minimum atomic E-state index is 0.00554. The molecule has 8 aromatic rings. The molecule has 0 radical (unpaired) electrons. The molecule has 0 saturated heterocycles. The summed E-state index contributed by atoms with van der Waals surface area (Å²) in [6.45, 7) is 20.8. The highest BCUT2D eigenvalue weighted by Gasteiger charge is 2.25. The van der Waals surface area contributed by atoms with Gasteiger partial charge in [0, 0.05) is 16.8 Å². The molecule has 0 bridgehead atoms. The summed E-state index contributed by atoms with van der Waals surface area (Å²) in [5, 5.41) is 2.49. The quantitative estimate of drug-likeness (QED) is 0.156. The fraction of sp³-hybridized carbons (Fsp3) is 0.207. The number of para-hydroxylation sites is 1. The average Bonchev–Trinajstić information content (AvgIpc) is 3.23. The molecule has 0 aliphatic heterocycles. The Balaban J connectivity index is 1.41. The lowest BCUT2D eigenvalue weighted by Crippen LogP contribution is -2.16. The molecule has 0 amide bonds. The second kappa shape index (κ2) is 15.5. The first-order chi connectivity index (χ1) is 28.2. The summed E-state index contributed by atoms with van der Waals surface area (Å²) in [5.41, 5.74) is 17.1. The topological polar surface area (TPSA) is 3.24 Å². The number of benzene rings is 8. The Morgan fingerprint density at radius 3 is 1.41 bits per heavy atom. The Morgan fingerprint density at radius 1 is 0.305 bits per heavy atom. The van der Waals surface area contributed by atoms with Crippen LogP contribution < -0.4 is 4.90 Å². The second-order valence-corrected chi connectivity index (χ2v) is 19.1. The largest absolute Gasteiger partial charge is 0.309 e. The van der Waals surface area contributed by atoms with Gasteiger partial charge >= 0.3 is 0 Å². The van der Waals surface area contributed by atoms with E-state index in [-0.39, 0.29) is 16.2 Å². The Labute approximate surface area is 353 Å². The third-order valence-corrected chi connectivity index (χ3v) is 11.7. The molecular formula is C58H57N. The van der Waals surface area contributed by atoms with E-state index in [1.807, 2.05) is 0 Å². The van der Waals surface area contributed by atoms with Crippen molar-refractivity contribution in [2.45, 2.75) is 78.6 Å². The monoisotopic (exact) mass is 767 g/mol. The molecule has 0 atom stereocenters. The zero-order valence-electron chi connectivity index (χ0n) is 36.3. The van der Waals surface area contributed by atoms with Crippen molar-refractivity contribution in [3.05, 3.63) is 199 Å². The molecule has 294 valence electrons. The molecule has 0 heterocycles. The second-order valence-electron chi connectivity index (χ2n) is 19.1. The van der Waals surface area contributed by atoms with Crippen LogP contribution in [0.25, 0.3) is 55.3 Å². The summed E-state index contributed by atoms with van der Waals surface area (Å²) < 4.78 is 0. The zero-order chi connectivity index (χ0) is 41.5. The molecule has 0 spiro atoms. The molecule has 0 saturated carbocycles. The number of rotatable bonds is 7. The van der Waals surface area contributed by atoms with Crippen LogP contribution in [0.15, 0.2) is 182 Å². The first kappa shape index (κ1) is 39.6. The van der Waals surface area contributed by atoms with E-state index < -0.39 is 0 Å². The molecule has 1 nitrogen and oxygen atoms in total. The average molecular weight is 768 g/mol. The van der Waals surface area contributed by atoms with Crippen molar-refractivity contribution >= 4 is 27.8 Å². The van der Waals surface area contributed by atoms with Gasteiger partial charge in [-0.15, -0.1) is 0 Å². The van der Waals surface area contributed by atoms with Gasteiger partial charge in [0.05, 0.1) is 11.4 Å². The van der Waals surface area contributed by atoms with E-state index in [0.29, 0.717) is 0 Å². The van der Waals surface area contributed by atoms with Crippen LogP contribution in [0.4, 0.5) is 17.1 Å². The first-order valence-corrected chi connectivity index (χ1v) is 21.1. The van der Waals surface area contributed by atoms with E-state index in [4.69, 9.17) is 0 Å². The fourth-order valence-corrected chi connectivity index (χ4v) is 8.26. The van der Waals surface area contributed by atoms with Gasteiger partial charge in [-0.2, -0.15) is 0 Å². The van der Waals surface area contributed by atoms with Gasteiger partial charge in [-0.25, -0.2) is 0 Å². The lowest BCUT2D eigenvalue weighted by atomic mass is 9.78. The van der Waals surface area contributed by atoms with Crippen LogP contribution >= 0.6 is 0 Å². The van der Waals surface area contributed by atoms with Crippen molar-refractivity contribution in [2.24, 2.45) is 0 Å². The van der Waals surface area contributed by atoms with Gasteiger partial charge in [0.1, 0.15) is 0 Å². The molecule has 0 aromatic heterocycles. The van der Waals surface area contributed by atoms with Gasteiger partial charge in [-0.05, 0) is 107 Å². The molecule has 1 heteroatoms. The minimum absolute atomic E-state index is 0.00554. The van der Waals surface area contributed by atoms with Crippen LogP contribution in [0.3, 0.4) is 0 Å². The van der Waals surface area contributed by atoms with Gasteiger partial charge in [0.25, 0.3) is 0 Å². The lowest BCUT2D eigenvalue weighted by Gasteiger charge is -2.31. The van der Waals surface area contributed by atoms with Crippen LogP contribution in [-0.4, -0.2) is 0 Å². The predicted molar refractivity (Wildman–Crippen MR) is 256 cm³/mol. The maximum absolute atomic E-state index is 2.48. The number of nitrogens with zero attached hydrogens (tertiary/aromatic N) is 1. The number of hydrogen-bond acceptors (Lipinski definition) is 1. The lowest BCUT2D eigenvalue weighted by molar-refractivity contribution is 0.569.